The smallest absolute Gasteiger partial charge is 0.327 e. The number of imidazole rings is 2. The predicted molar refractivity (Wildman–Crippen MR) is 154 cm³/mol. The van der Waals surface area contributed by atoms with E-state index in [4.69, 9.17) is 5.11 Å². The van der Waals surface area contributed by atoms with Gasteiger partial charge in [-0.05, 0) is 12.8 Å². The lowest BCUT2D eigenvalue weighted by atomic mass is 10.1. The average molecular weight is 683 g/mol. The van der Waals surface area contributed by atoms with E-state index in [9.17, 15) is 63.9 Å². The van der Waals surface area contributed by atoms with Crippen molar-refractivity contribution < 1.29 is 69.0 Å². The molecule has 9 N–H and O–H groups in total. The van der Waals surface area contributed by atoms with Crippen LogP contribution in [0.1, 0.15) is 37.3 Å². The Morgan fingerprint density at radius 2 is 1.06 bits per heavy atom. The molecule has 0 aliphatic heterocycles. The van der Waals surface area contributed by atoms with Gasteiger partial charge in [-0.15, -0.1) is 0 Å². The SMILES string of the molecule is O=C(O)CC[C@H](NC(=O)N[C@@H](CCC(=O)NC(CN(Cc1nccn1CC(=O)O)Cc1nccn1CC(=O)O)C(=O)O)C(=O)O)C(=O)O. The molecule has 22 nitrogen and oxygen atoms in total. The van der Waals surface area contributed by atoms with Crippen molar-refractivity contribution in [2.24, 2.45) is 0 Å². The zero-order valence-electron chi connectivity index (χ0n) is 25.1. The van der Waals surface area contributed by atoms with Gasteiger partial charge in [0.15, 0.2) is 0 Å². The van der Waals surface area contributed by atoms with Crippen LogP contribution >= 0.6 is 0 Å². The number of hydrogen-bond donors (Lipinski definition) is 9. The maximum atomic E-state index is 12.7. The highest BCUT2D eigenvalue weighted by molar-refractivity contribution is 5.87. The maximum absolute atomic E-state index is 12.7. The van der Waals surface area contributed by atoms with Gasteiger partial charge in [0.25, 0.3) is 0 Å². The Kier molecular flexibility index (Phi) is 14.4. The first-order valence-corrected chi connectivity index (χ1v) is 14.0. The molecule has 0 aromatic carbocycles. The monoisotopic (exact) mass is 682 g/mol. The van der Waals surface area contributed by atoms with E-state index in [1.54, 1.807) is 0 Å². The molecule has 2 aromatic heterocycles. The number of rotatable bonds is 22. The van der Waals surface area contributed by atoms with E-state index in [2.05, 4.69) is 15.3 Å². The lowest BCUT2D eigenvalue weighted by molar-refractivity contribution is -0.143. The second-order valence-electron chi connectivity index (χ2n) is 10.2. The zero-order chi connectivity index (χ0) is 36.0. The minimum Gasteiger partial charge on any atom is -0.481 e. The van der Waals surface area contributed by atoms with Crippen molar-refractivity contribution in [2.45, 2.75) is 70.0 Å². The molecule has 0 spiro atoms. The van der Waals surface area contributed by atoms with E-state index in [0.29, 0.717) is 0 Å². The Hall–Kier alpha value is -6.06. The molecule has 262 valence electrons. The van der Waals surface area contributed by atoms with Gasteiger partial charge in [0.05, 0.1) is 13.1 Å². The fourth-order valence-corrected chi connectivity index (χ4v) is 4.27. The molecule has 22 heteroatoms. The maximum Gasteiger partial charge on any atom is 0.327 e. The number of urea groups is 1. The lowest BCUT2D eigenvalue weighted by Gasteiger charge is -2.26. The van der Waals surface area contributed by atoms with Crippen molar-refractivity contribution in [1.82, 2.24) is 40.0 Å². The Bertz CT molecular complexity index is 1450. The Morgan fingerprint density at radius 1 is 0.625 bits per heavy atom. The molecule has 0 bridgehead atoms. The predicted octanol–water partition coefficient (Wildman–Crippen LogP) is -2.33. The second-order valence-corrected chi connectivity index (χ2v) is 10.2. The Morgan fingerprint density at radius 3 is 1.46 bits per heavy atom. The standard InChI is InChI=1S/C26H34N8O14/c35-19(3-1-14(23(42)43)30-26(48)31-15(24(44)45)2-4-20(36)37)29-16(25(46)47)9-32(10-17-27-5-7-33(17)12-21(38)39)11-18-28-6-8-34(18)13-22(40)41/h5-8,14-16H,1-4,9-13H2,(H,29,35)(H,36,37)(H,38,39)(H,40,41)(H,42,43)(H,44,45)(H,46,47)(H2,30,31,48)/t14-,15-,16?/m0/s1. The molecule has 2 aromatic rings. The van der Waals surface area contributed by atoms with E-state index in [1.807, 2.05) is 10.6 Å². The van der Waals surface area contributed by atoms with Gasteiger partial charge in [-0.25, -0.2) is 29.1 Å². The van der Waals surface area contributed by atoms with E-state index in [0.717, 1.165) is 0 Å². The minimum atomic E-state index is -1.73. The van der Waals surface area contributed by atoms with Gasteiger partial charge < -0.3 is 55.7 Å². The van der Waals surface area contributed by atoms with Gasteiger partial charge >= 0.3 is 41.8 Å². The first-order valence-electron chi connectivity index (χ1n) is 14.0. The number of carboxylic acid groups (broad SMARTS) is 6. The summed E-state index contributed by atoms with van der Waals surface area (Å²) in [5.74, 6) is -8.91. The molecule has 0 radical (unpaired) electrons. The molecule has 0 fully saturated rings. The van der Waals surface area contributed by atoms with Gasteiger partial charge in [-0.2, -0.15) is 0 Å². The first-order chi connectivity index (χ1) is 22.5. The van der Waals surface area contributed by atoms with Crippen molar-refractivity contribution in [3.8, 4) is 0 Å². The Balaban J connectivity index is 2.14. The minimum absolute atomic E-state index is 0.163. The second kappa shape index (κ2) is 18.2. The van der Waals surface area contributed by atoms with Crippen LogP contribution in [0.15, 0.2) is 24.8 Å². The highest BCUT2D eigenvalue weighted by atomic mass is 16.4. The highest BCUT2D eigenvalue weighted by Crippen LogP contribution is 2.11. The van der Waals surface area contributed by atoms with Crippen molar-refractivity contribution in [1.29, 1.82) is 0 Å². The molecule has 3 amide bonds. The molecule has 48 heavy (non-hydrogen) atoms. The van der Waals surface area contributed by atoms with Crippen LogP contribution in [0.2, 0.25) is 0 Å². The van der Waals surface area contributed by atoms with Gasteiger partial charge in [-0.3, -0.25) is 24.1 Å². The number of nitrogens with one attached hydrogen (secondary N) is 3. The number of nitrogens with zero attached hydrogens (tertiary/aromatic N) is 5. The van der Waals surface area contributed by atoms with Crippen molar-refractivity contribution in [3.05, 3.63) is 36.4 Å². The van der Waals surface area contributed by atoms with Crippen LogP contribution in [-0.4, -0.2) is 127 Å². The topological polar surface area (TPSA) is 333 Å². The molecular formula is C26H34N8O14. The number of carboxylic acids is 6. The molecule has 0 aliphatic rings. The first kappa shape index (κ1) is 38.1. The molecule has 2 rings (SSSR count). The van der Waals surface area contributed by atoms with Gasteiger partial charge in [0, 0.05) is 44.2 Å². The zero-order valence-corrected chi connectivity index (χ0v) is 25.1. The summed E-state index contributed by atoms with van der Waals surface area (Å²) in [7, 11) is 0. The van der Waals surface area contributed by atoms with Gasteiger partial charge in [0.1, 0.15) is 42.9 Å². The van der Waals surface area contributed by atoms with Crippen LogP contribution in [-0.2, 0) is 59.7 Å². The largest absolute Gasteiger partial charge is 0.481 e. The van der Waals surface area contributed by atoms with Crippen molar-refractivity contribution >= 4 is 47.8 Å². The number of carbonyl (C=O) groups is 8. The van der Waals surface area contributed by atoms with Crippen LogP contribution in [0.3, 0.4) is 0 Å². The summed E-state index contributed by atoms with van der Waals surface area (Å²) in [6.45, 7) is -1.69. The molecule has 1 unspecified atom stereocenters. The highest BCUT2D eigenvalue weighted by Gasteiger charge is 2.28. The summed E-state index contributed by atoms with van der Waals surface area (Å²) < 4.78 is 2.57. The molecule has 0 saturated heterocycles. The number of carbonyl (C=O) groups excluding carboxylic acids is 2. The lowest BCUT2D eigenvalue weighted by Crippen LogP contribution is -2.52. The summed E-state index contributed by atoms with van der Waals surface area (Å²) in [5.41, 5.74) is 0. The summed E-state index contributed by atoms with van der Waals surface area (Å²) in [5, 5.41) is 61.8. The summed E-state index contributed by atoms with van der Waals surface area (Å²) in [6.07, 6.45) is 3.15. The fourth-order valence-electron chi connectivity index (χ4n) is 4.27. The summed E-state index contributed by atoms with van der Waals surface area (Å²) in [6, 6.07) is -6.27. The summed E-state index contributed by atoms with van der Waals surface area (Å²) in [4.78, 5) is 103. The van der Waals surface area contributed by atoms with E-state index in [-0.39, 0.29) is 24.7 Å². The number of amides is 3. The number of aliphatic carboxylic acids is 6. The normalized spacial score (nSPS) is 12.8. The molecule has 2 heterocycles. The number of aromatic nitrogens is 4. The van der Waals surface area contributed by atoms with E-state index >= 15 is 0 Å². The number of hydrogen-bond acceptors (Lipinski definition) is 11. The molecule has 0 saturated carbocycles. The quantitative estimate of drug-likeness (QED) is 0.0628. The third-order valence-electron chi connectivity index (χ3n) is 6.53. The van der Waals surface area contributed by atoms with E-state index in [1.165, 1.54) is 38.8 Å². The van der Waals surface area contributed by atoms with Crippen molar-refractivity contribution in [3.63, 3.8) is 0 Å². The summed E-state index contributed by atoms with van der Waals surface area (Å²) >= 11 is 0. The van der Waals surface area contributed by atoms with Crippen LogP contribution in [0.4, 0.5) is 4.79 Å². The molecule has 3 atom stereocenters. The molecular weight excluding hydrogens is 648 g/mol. The van der Waals surface area contributed by atoms with Crippen molar-refractivity contribution in [2.75, 3.05) is 6.54 Å². The third-order valence-corrected chi connectivity index (χ3v) is 6.53. The third kappa shape index (κ3) is 13.1. The van der Waals surface area contributed by atoms with E-state index < -0.39 is 111 Å². The molecule has 0 aliphatic carbocycles. The van der Waals surface area contributed by atoms with Gasteiger partial charge in [-0.1, -0.05) is 0 Å². The fraction of sp³-hybridized carbons (Fsp3) is 0.462. The van der Waals surface area contributed by atoms with Gasteiger partial charge in [0.2, 0.25) is 5.91 Å². The van der Waals surface area contributed by atoms with Crippen LogP contribution in [0.5, 0.6) is 0 Å². The average Bonchev–Trinajstić information content (AvgIpc) is 3.60. The van der Waals surface area contributed by atoms with Crippen LogP contribution < -0.4 is 16.0 Å². The van der Waals surface area contributed by atoms with Crippen LogP contribution in [0, 0.1) is 0 Å². The Labute approximate surface area is 270 Å². The van der Waals surface area contributed by atoms with Crippen LogP contribution in [0.25, 0.3) is 0 Å².